The standard InChI is InChI=1S/C13H18Cl2N2/c1-13(2,3)17-7-9-8(11(17)6-16)4-5-10(14)12(9)15/h4-5,11H,6-7,16H2,1-3H3. The Hall–Kier alpha value is -0.280. The first-order valence-corrected chi connectivity index (χ1v) is 6.55. The molecule has 0 saturated heterocycles. The molecule has 0 spiro atoms. The molecule has 4 heteroatoms. The zero-order valence-electron chi connectivity index (χ0n) is 10.4. The molecule has 2 rings (SSSR count). The molecule has 2 nitrogen and oxygen atoms in total. The van der Waals surface area contributed by atoms with Gasteiger partial charge in [-0.2, -0.15) is 0 Å². The predicted molar refractivity (Wildman–Crippen MR) is 73.6 cm³/mol. The van der Waals surface area contributed by atoms with Crippen molar-refractivity contribution in [2.45, 2.75) is 38.9 Å². The lowest BCUT2D eigenvalue weighted by Gasteiger charge is -2.36. The Morgan fingerprint density at radius 2 is 2.00 bits per heavy atom. The average Bonchev–Trinajstić information content (AvgIpc) is 2.62. The van der Waals surface area contributed by atoms with E-state index in [-0.39, 0.29) is 11.6 Å². The van der Waals surface area contributed by atoms with Crippen molar-refractivity contribution in [2.75, 3.05) is 6.54 Å². The van der Waals surface area contributed by atoms with Gasteiger partial charge in [0.1, 0.15) is 0 Å². The van der Waals surface area contributed by atoms with Gasteiger partial charge >= 0.3 is 0 Å². The van der Waals surface area contributed by atoms with Crippen LogP contribution < -0.4 is 5.73 Å². The van der Waals surface area contributed by atoms with E-state index in [0.717, 1.165) is 12.1 Å². The Balaban J connectivity index is 2.48. The maximum atomic E-state index is 6.28. The lowest BCUT2D eigenvalue weighted by Crippen LogP contribution is -2.42. The number of benzene rings is 1. The molecule has 1 aromatic rings. The molecule has 0 bridgehead atoms. The molecule has 1 aliphatic heterocycles. The van der Waals surface area contributed by atoms with Crippen LogP contribution in [0.4, 0.5) is 0 Å². The third-order valence-corrected chi connectivity index (χ3v) is 4.22. The van der Waals surface area contributed by atoms with E-state index < -0.39 is 0 Å². The summed E-state index contributed by atoms with van der Waals surface area (Å²) >= 11 is 12.3. The van der Waals surface area contributed by atoms with Crippen LogP contribution in [0.3, 0.4) is 0 Å². The topological polar surface area (TPSA) is 29.3 Å². The molecule has 1 aromatic carbocycles. The highest BCUT2D eigenvalue weighted by Gasteiger charge is 2.37. The largest absolute Gasteiger partial charge is 0.329 e. The third kappa shape index (κ3) is 2.19. The first-order chi connectivity index (χ1) is 7.86. The van der Waals surface area contributed by atoms with E-state index in [9.17, 15) is 0 Å². The fourth-order valence-corrected chi connectivity index (χ4v) is 2.90. The van der Waals surface area contributed by atoms with Gasteiger partial charge in [0.05, 0.1) is 10.0 Å². The highest BCUT2D eigenvalue weighted by atomic mass is 35.5. The van der Waals surface area contributed by atoms with E-state index in [1.807, 2.05) is 12.1 Å². The van der Waals surface area contributed by atoms with Crippen molar-refractivity contribution in [3.05, 3.63) is 33.3 Å². The van der Waals surface area contributed by atoms with Crippen LogP contribution in [-0.4, -0.2) is 17.0 Å². The van der Waals surface area contributed by atoms with Crippen LogP contribution in [0.5, 0.6) is 0 Å². The first kappa shape index (κ1) is 13.2. The average molecular weight is 273 g/mol. The molecular formula is C13H18Cl2N2. The summed E-state index contributed by atoms with van der Waals surface area (Å²) < 4.78 is 0. The Kier molecular flexibility index (Phi) is 3.43. The zero-order valence-corrected chi connectivity index (χ0v) is 11.9. The van der Waals surface area contributed by atoms with Crippen molar-refractivity contribution in [3.63, 3.8) is 0 Å². The van der Waals surface area contributed by atoms with Crippen LogP contribution in [0, 0.1) is 0 Å². The second kappa shape index (κ2) is 4.43. The summed E-state index contributed by atoms with van der Waals surface area (Å²) in [6.07, 6.45) is 0. The number of nitrogens with zero attached hydrogens (tertiary/aromatic N) is 1. The SMILES string of the molecule is CC(C)(C)N1Cc2c(ccc(Cl)c2Cl)C1CN. The molecule has 0 radical (unpaired) electrons. The van der Waals surface area contributed by atoms with Crippen LogP contribution in [0.25, 0.3) is 0 Å². The summed E-state index contributed by atoms with van der Waals surface area (Å²) in [6.45, 7) is 7.99. The minimum absolute atomic E-state index is 0.0683. The zero-order chi connectivity index (χ0) is 12.8. The normalized spacial score (nSPS) is 20.7. The monoisotopic (exact) mass is 272 g/mol. The Bertz CT molecular complexity index is 438. The molecule has 0 saturated carbocycles. The number of fused-ring (bicyclic) bond motifs is 1. The van der Waals surface area contributed by atoms with E-state index >= 15 is 0 Å². The molecule has 1 unspecified atom stereocenters. The van der Waals surface area contributed by atoms with Gasteiger partial charge in [-0.15, -0.1) is 0 Å². The summed E-state index contributed by atoms with van der Waals surface area (Å²) in [5, 5.41) is 1.30. The Morgan fingerprint density at radius 1 is 1.35 bits per heavy atom. The lowest BCUT2D eigenvalue weighted by atomic mass is 10.0. The van der Waals surface area contributed by atoms with Gasteiger partial charge in [-0.05, 0) is 38.0 Å². The smallest absolute Gasteiger partial charge is 0.0640 e. The van der Waals surface area contributed by atoms with Crippen LogP contribution in [0.2, 0.25) is 10.0 Å². The van der Waals surface area contributed by atoms with Gasteiger partial charge < -0.3 is 5.73 Å². The molecule has 0 aromatic heterocycles. The maximum Gasteiger partial charge on any atom is 0.0640 e. The predicted octanol–water partition coefficient (Wildman–Crippen LogP) is 3.61. The quantitative estimate of drug-likeness (QED) is 0.847. The van der Waals surface area contributed by atoms with Crippen LogP contribution >= 0.6 is 23.2 Å². The fourth-order valence-electron chi connectivity index (χ4n) is 2.49. The van der Waals surface area contributed by atoms with Crippen molar-refractivity contribution < 1.29 is 0 Å². The van der Waals surface area contributed by atoms with Crippen molar-refractivity contribution in [1.29, 1.82) is 0 Å². The molecule has 17 heavy (non-hydrogen) atoms. The van der Waals surface area contributed by atoms with Crippen molar-refractivity contribution in [1.82, 2.24) is 4.90 Å². The summed E-state index contributed by atoms with van der Waals surface area (Å²) in [6, 6.07) is 4.14. The molecule has 0 fully saturated rings. The number of hydrogen-bond donors (Lipinski definition) is 1. The number of nitrogens with two attached hydrogens (primary N) is 1. The highest BCUT2D eigenvalue weighted by molar-refractivity contribution is 6.42. The van der Waals surface area contributed by atoms with E-state index in [0.29, 0.717) is 16.6 Å². The molecule has 1 aliphatic rings. The van der Waals surface area contributed by atoms with Crippen LogP contribution in [0.1, 0.15) is 37.9 Å². The van der Waals surface area contributed by atoms with E-state index in [4.69, 9.17) is 28.9 Å². The molecule has 0 amide bonds. The van der Waals surface area contributed by atoms with Gasteiger partial charge in [0.15, 0.2) is 0 Å². The summed E-state index contributed by atoms with van der Waals surface area (Å²) in [4.78, 5) is 2.37. The molecule has 0 aliphatic carbocycles. The Morgan fingerprint density at radius 3 is 2.53 bits per heavy atom. The van der Waals surface area contributed by atoms with Crippen molar-refractivity contribution >= 4 is 23.2 Å². The molecule has 1 heterocycles. The second-order valence-corrected chi connectivity index (χ2v) is 6.26. The van der Waals surface area contributed by atoms with Gasteiger partial charge in [-0.3, -0.25) is 4.90 Å². The van der Waals surface area contributed by atoms with Gasteiger partial charge in [-0.25, -0.2) is 0 Å². The summed E-state index contributed by atoms with van der Waals surface area (Å²) in [7, 11) is 0. The van der Waals surface area contributed by atoms with Crippen molar-refractivity contribution in [3.8, 4) is 0 Å². The molecular weight excluding hydrogens is 255 g/mol. The van der Waals surface area contributed by atoms with Crippen molar-refractivity contribution in [2.24, 2.45) is 5.73 Å². The number of rotatable bonds is 1. The van der Waals surface area contributed by atoms with Gasteiger partial charge in [0, 0.05) is 24.7 Å². The minimum atomic E-state index is 0.0683. The molecule has 2 N–H and O–H groups in total. The summed E-state index contributed by atoms with van der Waals surface area (Å²) in [5.41, 5.74) is 8.32. The number of halogens is 2. The van der Waals surface area contributed by atoms with E-state index in [1.165, 1.54) is 5.56 Å². The maximum absolute atomic E-state index is 6.28. The second-order valence-electron chi connectivity index (χ2n) is 5.48. The molecule has 1 atom stereocenters. The lowest BCUT2D eigenvalue weighted by molar-refractivity contribution is 0.0949. The minimum Gasteiger partial charge on any atom is -0.329 e. The van der Waals surface area contributed by atoms with E-state index in [1.54, 1.807) is 0 Å². The van der Waals surface area contributed by atoms with Gasteiger partial charge in [0.25, 0.3) is 0 Å². The van der Waals surface area contributed by atoms with Crippen LogP contribution in [-0.2, 0) is 6.54 Å². The highest BCUT2D eigenvalue weighted by Crippen LogP contribution is 2.42. The van der Waals surface area contributed by atoms with Gasteiger partial charge in [0.2, 0.25) is 0 Å². The van der Waals surface area contributed by atoms with Gasteiger partial charge in [-0.1, -0.05) is 29.3 Å². The Labute approximate surface area is 113 Å². The summed E-state index contributed by atoms with van der Waals surface area (Å²) in [5.74, 6) is 0. The molecule has 94 valence electrons. The first-order valence-electron chi connectivity index (χ1n) is 5.80. The van der Waals surface area contributed by atoms with Crippen LogP contribution in [0.15, 0.2) is 12.1 Å². The third-order valence-electron chi connectivity index (χ3n) is 3.38. The van der Waals surface area contributed by atoms with E-state index in [2.05, 4.69) is 25.7 Å². The number of hydrogen-bond acceptors (Lipinski definition) is 2. The fraction of sp³-hybridized carbons (Fsp3) is 0.538.